The third kappa shape index (κ3) is 5.65. The van der Waals surface area contributed by atoms with Crippen LogP contribution in [0, 0.1) is 5.92 Å². The highest BCUT2D eigenvalue weighted by molar-refractivity contribution is 5.91. The minimum atomic E-state index is -2.89. The fraction of sp³-hybridized carbons (Fsp3) is 0.462. The van der Waals surface area contributed by atoms with Crippen molar-refractivity contribution in [2.75, 3.05) is 5.32 Å². The second-order valence-corrected chi connectivity index (χ2v) is 4.57. The number of halogens is 2. The molecule has 0 fully saturated rings. The first-order chi connectivity index (χ1) is 8.88. The van der Waals surface area contributed by atoms with Crippen molar-refractivity contribution in [1.82, 2.24) is 0 Å². The first-order valence-electron chi connectivity index (χ1n) is 5.98. The van der Waals surface area contributed by atoms with Crippen LogP contribution in [-0.2, 0) is 4.79 Å². The normalized spacial score (nSPS) is 12.6. The van der Waals surface area contributed by atoms with Gasteiger partial charge in [-0.25, -0.2) is 0 Å². The summed E-state index contributed by atoms with van der Waals surface area (Å²) in [7, 11) is 0. The molecule has 0 radical (unpaired) electrons. The standard InChI is InChI=1S/C13H18F2N2O2/c1-8(2)11(16)7-12(18)17-9-4-3-5-10(6-9)19-13(14)15/h3-6,8,11,13H,7,16H2,1-2H3,(H,17,18). The molecule has 0 bridgehead atoms. The summed E-state index contributed by atoms with van der Waals surface area (Å²) in [6.45, 7) is 0.963. The number of hydrogen-bond acceptors (Lipinski definition) is 3. The Bertz CT molecular complexity index is 425. The van der Waals surface area contributed by atoms with E-state index in [4.69, 9.17) is 5.73 Å². The lowest BCUT2D eigenvalue weighted by molar-refractivity contribution is -0.116. The summed E-state index contributed by atoms with van der Waals surface area (Å²) in [5, 5.41) is 2.60. The van der Waals surface area contributed by atoms with Crippen LogP contribution in [0.3, 0.4) is 0 Å². The molecule has 0 aliphatic carbocycles. The van der Waals surface area contributed by atoms with E-state index < -0.39 is 6.61 Å². The van der Waals surface area contributed by atoms with Gasteiger partial charge in [0.1, 0.15) is 5.75 Å². The summed E-state index contributed by atoms with van der Waals surface area (Å²) in [6, 6.07) is 5.61. The molecular weight excluding hydrogens is 254 g/mol. The Morgan fingerprint density at radius 2 is 2.11 bits per heavy atom. The maximum atomic E-state index is 12.0. The molecule has 0 saturated heterocycles. The number of amides is 1. The predicted octanol–water partition coefficient (Wildman–Crippen LogP) is 2.60. The Hall–Kier alpha value is -1.69. The molecule has 0 heterocycles. The van der Waals surface area contributed by atoms with Crippen LogP contribution >= 0.6 is 0 Å². The molecule has 19 heavy (non-hydrogen) atoms. The van der Waals surface area contributed by atoms with Gasteiger partial charge in [-0.2, -0.15) is 8.78 Å². The zero-order chi connectivity index (χ0) is 14.4. The number of benzene rings is 1. The molecule has 106 valence electrons. The number of nitrogens with one attached hydrogen (secondary N) is 1. The molecule has 1 aromatic rings. The van der Waals surface area contributed by atoms with Gasteiger partial charge in [0.2, 0.25) is 5.91 Å². The number of rotatable bonds is 6. The van der Waals surface area contributed by atoms with Crippen molar-refractivity contribution in [1.29, 1.82) is 0 Å². The van der Waals surface area contributed by atoms with Crippen LogP contribution in [0.5, 0.6) is 5.75 Å². The summed E-state index contributed by atoms with van der Waals surface area (Å²) in [6.07, 6.45) is 0.178. The molecule has 1 aromatic carbocycles. The summed E-state index contributed by atoms with van der Waals surface area (Å²) >= 11 is 0. The van der Waals surface area contributed by atoms with Crippen molar-refractivity contribution in [2.45, 2.75) is 32.9 Å². The number of ether oxygens (including phenoxy) is 1. The van der Waals surface area contributed by atoms with Gasteiger partial charge in [-0.05, 0) is 18.1 Å². The van der Waals surface area contributed by atoms with Gasteiger partial charge in [0.15, 0.2) is 0 Å². The Morgan fingerprint density at radius 3 is 2.68 bits per heavy atom. The van der Waals surface area contributed by atoms with E-state index in [2.05, 4.69) is 10.1 Å². The van der Waals surface area contributed by atoms with Gasteiger partial charge in [-0.1, -0.05) is 19.9 Å². The summed E-state index contributed by atoms with van der Waals surface area (Å²) in [5.74, 6) is -0.0596. The van der Waals surface area contributed by atoms with Crippen molar-refractivity contribution < 1.29 is 18.3 Å². The minimum Gasteiger partial charge on any atom is -0.435 e. The van der Waals surface area contributed by atoms with Crippen molar-refractivity contribution in [3.8, 4) is 5.75 Å². The molecule has 0 saturated carbocycles. The number of nitrogens with two attached hydrogens (primary N) is 1. The Morgan fingerprint density at radius 1 is 1.42 bits per heavy atom. The Balaban J connectivity index is 2.59. The van der Waals surface area contributed by atoms with Crippen LogP contribution in [-0.4, -0.2) is 18.6 Å². The van der Waals surface area contributed by atoms with Gasteiger partial charge in [0.05, 0.1) is 0 Å². The SMILES string of the molecule is CC(C)C(N)CC(=O)Nc1cccc(OC(F)F)c1. The Labute approximate surface area is 110 Å². The van der Waals surface area contributed by atoms with Crippen LogP contribution in [0.4, 0.5) is 14.5 Å². The van der Waals surface area contributed by atoms with Crippen molar-refractivity contribution in [3.05, 3.63) is 24.3 Å². The van der Waals surface area contributed by atoms with Crippen molar-refractivity contribution in [3.63, 3.8) is 0 Å². The van der Waals surface area contributed by atoms with Crippen LogP contribution in [0.1, 0.15) is 20.3 Å². The van der Waals surface area contributed by atoms with Crippen LogP contribution in [0.2, 0.25) is 0 Å². The smallest absolute Gasteiger partial charge is 0.387 e. The van der Waals surface area contributed by atoms with Gasteiger partial charge in [-0.15, -0.1) is 0 Å². The topological polar surface area (TPSA) is 64.4 Å². The van der Waals surface area contributed by atoms with Gasteiger partial charge in [0, 0.05) is 24.2 Å². The molecule has 4 nitrogen and oxygen atoms in total. The van der Waals surface area contributed by atoms with Crippen LogP contribution in [0.25, 0.3) is 0 Å². The predicted molar refractivity (Wildman–Crippen MR) is 69.1 cm³/mol. The van der Waals surface area contributed by atoms with Crippen LogP contribution < -0.4 is 15.8 Å². The lowest BCUT2D eigenvalue weighted by Crippen LogP contribution is -2.31. The van der Waals surface area contributed by atoms with E-state index in [-0.39, 0.29) is 30.0 Å². The maximum Gasteiger partial charge on any atom is 0.387 e. The third-order valence-electron chi connectivity index (χ3n) is 2.62. The quantitative estimate of drug-likeness (QED) is 0.836. The zero-order valence-corrected chi connectivity index (χ0v) is 10.9. The molecule has 3 N–H and O–H groups in total. The molecule has 6 heteroatoms. The second-order valence-electron chi connectivity index (χ2n) is 4.57. The molecule has 1 amide bonds. The summed E-state index contributed by atoms with van der Waals surface area (Å²) < 4.78 is 28.3. The monoisotopic (exact) mass is 272 g/mol. The number of hydrogen-bond donors (Lipinski definition) is 2. The molecular formula is C13H18F2N2O2. The number of anilines is 1. The van der Waals surface area contributed by atoms with Gasteiger partial charge < -0.3 is 15.8 Å². The van der Waals surface area contributed by atoms with Gasteiger partial charge >= 0.3 is 6.61 Å². The molecule has 0 spiro atoms. The molecule has 1 atom stereocenters. The lowest BCUT2D eigenvalue weighted by Gasteiger charge is -2.15. The van der Waals surface area contributed by atoms with E-state index >= 15 is 0 Å². The van der Waals surface area contributed by atoms with E-state index in [0.717, 1.165) is 0 Å². The molecule has 0 aliphatic rings. The fourth-order valence-corrected chi connectivity index (χ4v) is 1.41. The molecule has 0 aliphatic heterocycles. The second kappa shape index (κ2) is 7.04. The highest BCUT2D eigenvalue weighted by Gasteiger charge is 2.13. The van der Waals surface area contributed by atoms with E-state index in [0.29, 0.717) is 5.69 Å². The zero-order valence-electron chi connectivity index (χ0n) is 10.9. The molecule has 1 rings (SSSR count). The fourth-order valence-electron chi connectivity index (χ4n) is 1.41. The average molecular weight is 272 g/mol. The highest BCUT2D eigenvalue weighted by atomic mass is 19.3. The lowest BCUT2D eigenvalue weighted by atomic mass is 10.0. The highest BCUT2D eigenvalue weighted by Crippen LogP contribution is 2.19. The van der Waals surface area contributed by atoms with Gasteiger partial charge in [0.25, 0.3) is 0 Å². The van der Waals surface area contributed by atoms with Crippen molar-refractivity contribution >= 4 is 11.6 Å². The number of carbonyl (C=O) groups excluding carboxylic acids is 1. The number of alkyl halides is 2. The molecule has 1 unspecified atom stereocenters. The molecule has 0 aromatic heterocycles. The number of carbonyl (C=O) groups is 1. The first kappa shape index (κ1) is 15.4. The van der Waals surface area contributed by atoms with Gasteiger partial charge in [-0.3, -0.25) is 4.79 Å². The van der Waals surface area contributed by atoms with Crippen molar-refractivity contribution in [2.24, 2.45) is 11.7 Å². The average Bonchev–Trinajstić information content (AvgIpc) is 2.27. The van der Waals surface area contributed by atoms with E-state index in [1.54, 1.807) is 6.07 Å². The summed E-state index contributed by atoms with van der Waals surface area (Å²) in [5.41, 5.74) is 6.18. The third-order valence-corrected chi connectivity index (χ3v) is 2.62. The van der Waals surface area contributed by atoms with E-state index in [1.165, 1.54) is 18.2 Å². The minimum absolute atomic E-state index is 0.000887. The van der Waals surface area contributed by atoms with E-state index in [9.17, 15) is 13.6 Å². The van der Waals surface area contributed by atoms with E-state index in [1.807, 2.05) is 13.8 Å². The summed E-state index contributed by atoms with van der Waals surface area (Å²) in [4.78, 5) is 11.7. The first-order valence-corrected chi connectivity index (χ1v) is 5.98. The Kier molecular flexibility index (Phi) is 5.69. The maximum absolute atomic E-state index is 12.0. The van der Waals surface area contributed by atoms with Crippen LogP contribution in [0.15, 0.2) is 24.3 Å². The largest absolute Gasteiger partial charge is 0.435 e.